The molecule has 1 amide bonds. The van der Waals surface area contributed by atoms with Gasteiger partial charge in [0.15, 0.2) is 23.9 Å². The Morgan fingerprint density at radius 2 is 2.25 bits per heavy atom. The van der Waals surface area contributed by atoms with Crippen molar-refractivity contribution in [1.29, 1.82) is 0 Å². The highest BCUT2D eigenvalue weighted by Gasteiger charge is 2.24. The maximum atomic E-state index is 13.7. The largest absolute Gasteiger partial charge is 0.493 e. The van der Waals surface area contributed by atoms with Crippen molar-refractivity contribution in [2.45, 2.75) is 32.2 Å². The number of amides is 1. The highest BCUT2D eigenvalue weighted by atomic mass is 19.1. The smallest absolute Gasteiger partial charge is 0.260 e. The van der Waals surface area contributed by atoms with E-state index >= 15 is 0 Å². The van der Waals surface area contributed by atoms with Gasteiger partial charge < -0.3 is 14.4 Å². The first-order valence-corrected chi connectivity index (χ1v) is 6.88. The number of likely N-dealkylation sites (tertiary alicyclic amines) is 1. The van der Waals surface area contributed by atoms with Crippen LogP contribution >= 0.6 is 0 Å². The molecular formula is C15H20FNO3. The molecule has 1 heterocycles. The molecule has 0 aromatic heterocycles. The molecule has 1 aliphatic heterocycles. The minimum atomic E-state index is -0.524. The van der Waals surface area contributed by atoms with Crippen molar-refractivity contribution in [1.82, 2.24) is 4.90 Å². The Bertz CT molecular complexity index is 478. The molecule has 5 heteroatoms. The van der Waals surface area contributed by atoms with Gasteiger partial charge in [-0.1, -0.05) is 6.07 Å². The number of carbonyl (C=O) groups is 1. The van der Waals surface area contributed by atoms with Crippen molar-refractivity contribution in [2.75, 3.05) is 20.3 Å². The maximum Gasteiger partial charge on any atom is 0.260 e. The minimum absolute atomic E-state index is 0.00647. The molecule has 0 radical (unpaired) electrons. The third-order valence-electron chi connectivity index (χ3n) is 3.61. The zero-order chi connectivity index (χ0) is 14.5. The second kappa shape index (κ2) is 6.59. The Morgan fingerprint density at radius 3 is 2.95 bits per heavy atom. The highest BCUT2D eigenvalue weighted by Crippen LogP contribution is 2.29. The number of nitrogens with zero attached hydrogens (tertiary/aromatic N) is 1. The lowest BCUT2D eigenvalue weighted by Crippen LogP contribution is -2.44. The van der Waals surface area contributed by atoms with Gasteiger partial charge in [-0.25, -0.2) is 4.39 Å². The fourth-order valence-electron chi connectivity index (χ4n) is 2.48. The van der Waals surface area contributed by atoms with E-state index in [1.165, 1.54) is 19.2 Å². The van der Waals surface area contributed by atoms with Crippen molar-refractivity contribution >= 4 is 5.91 Å². The summed E-state index contributed by atoms with van der Waals surface area (Å²) in [6.45, 7) is 2.61. The van der Waals surface area contributed by atoms with Crippen molar-refractivity contribution < 1.29 is 18.7 Å². The summed E-state index contributed by atoms with van der Waals surface area (Å²) in [7, 11) is 1.44. The van der Waals surface area contributed by atoms with E-state index in [9.17, 15) is 9.18 Å². The Hall–Kier alpha value is -1.78. The van der Waals surface area contributed by atoms with Crippen molar-refractivity contribution in [3.63, 3.8) is 0 Å². The Labute approximate surface area is 118 Å². The summed E-state index contributed by atoms with van der Waals surface area (Å²) in [5, 5.41) is 0. The fourth-order valence-corrected chi connectivity index (χ4v) is 2.48. The summed E-state index contributed by atoms with van der Waals surface area (Å²) >= 11 is 0. The van der Waals surface area contributed by atoms with Gasteiger partial charge in [0.1, 0.15) is 0 Å². The van der Waals surface area contributed by atoms with Crippen molar-refractivity contribution in [3.8, 4) is 11.5 Å². The standard InChI is InChI=1S/C15H20FNO3/c1-11-6-3-4-9-17(11)14(18)10-20-15-12(16)7-5-8-13(15)19-2/h5,7-8,11H,3-4,6,9-10H2,1-2H3. The average molecular weight is 281 g/mol. The summed E-state index contributed by atoms with van der Waals surface area (Å²) in [5.41, 5.74) is 0. The van der Waals surface area contributed by atoms with Gasteiger partial charge in [0.25, 0.3) is 5.91 Å². The third kappa shape index (κ3) is 3.21. The summed E-state index contributed by atoms with van der Waals surface area (Å²) in [6, 6.07) is 4.65. The summed E-state index contributed by atoms with van der Waals surface area (Å²) in [5.74, 6) is -0.344. The van der Waals surface area contributed by atoms with E-state index in [1.807, 2.05) is 6.92 Å². The van der Waals surface area contributed by atoms with Gasteiger partial charge in [-0.15, -0.1) is 0 Å². The molecule has 2 rings (SSSR count). The van der Waals surface area contributed by atoms with Crippen LogP contribution in [-0.2, 0) is 4.79 Å². The van der Waals surface area contributed by atoms with Crippen LogP contribution in [0.4, 0.5) is 4.39 Å². The zero-order valence-corrected chi connectivity index (χ0v) is 11.9. The summed E-state index contributed by atoms with van der Waals surface area (Å²) in [6.07, 6.45) is 3.17. The number of carbonyl (C=O) groups excluding carboxylic acids is 1. The fraction of sp³-hybridized carbons (Fsp3) is 0.533. The number of methoxy groups -OCH3 is 1. The third-order valence-corrected chi connectivity index (χ3v) is 3.61. The SMILES string of the molecule is COc1cccc(F)c1OCC(=O)N1CCCCC1C. The van der Waals surface area contributed by atoms with Crippen LogP contribution in [0.2, 0.25) is 0 Å². The molecule has 0 spiro atoms. The second-order valence-corrected chi connectivity index (χ2v) is 4.99. The predicted molar refractivity (Wildman–Crippen MR) is 73.5 cm³/mol. The van der Waals surface area contributed by atoms with Crippen LogP contribution in [0.3, 0.4) is 0 Å². The topological polar surface area (TPSA) is 38.8 Å². The Kier molecular flexibility index (Phi) is 4.82. The number of hydrogen-bond donors (Lipinski definition) is 0. The molecule has 1 aromatic carbocycles. The van der Waals surface area contributed by atoms with Crippen LogP contribution in [0.1, 0.15) is 26.2 Å². The highest BCUT2D eigenvalue weighted by molar-refractivity contribution is 5.78. The molecule has 0 saturated carbocycles. The number of para-hydroxylation sites is 1. The first-order chi connectivity index (χ1) is 9.63. The molecule has 20 heavy (non-hydrogen) atoms. The van der Waals surface area contributed by atoms with Crippen molar-refractivity contribution in [2.24, 2.45) is 0 Å². The van der Waals surface area contributed by atoms with E-state index in [0.717, 1.165) is 25.8 Å². The van der Waals surface area contributed by atoms with E-state index in [-0.39, 0.29) is 24.3 Å². The van der Waals surface area contributed by atoms with Gasteiger partial charge in [-0.2, -0.15) is 0 Å². The number of rotatable bonds is 4. The molecule has 1 unspecified atom stereocenters. The van der Waals surface area contributed by atoms with Crippen LogP contribution in [-0.4, -0.2) is 37.1 Å². The maximum absolute atomic E-state index is 13.7. The molecule has 0 bridgehead atoms. The molecule has 1 saturated heterocycles. The van der Waals surface area contributed by atoms with Gasteiger partial charge in [0.05, 0.1) is 7.11 Å². The second-order valence-electron chi connectivity index (χ2n) is 4.99. The molecule has 1 aliphatic rings. The monoisotopic (exact) mass is 281 g/mol. The minimum Gasteiger partial charge on any atom is -0.493 e. The molecule has 0 N–H and O–H groups in total. The number of benzene rings is 1. The van der Waals surface area contributed by atoms with Gasteiger partial charge >= 0.3 is 0 Å². The molecule has 1 fully saturated rings. The van der Waals surface area contributed by atoms with Gasteiger partial charge in [0.2, 0.25) is 0 Å². The van der Waals surface area contributed by atoms with Crippen LogP contribution < -0.4 is 9.47 Å². The number of halogens is 1. The molecule has 4 nitrogen and oxygen atoms in total. The first-order valence-electron chi connectivity index (χ1n) is 6.88. The Balaban J connectivity index is 2.00. The molecule has 1 aromatic rings. The van der Waals surface area contributed by atoms with Crippen LogP contribution in [0.25, 0.3) is 0 Å². The van der Waals surface area contributed by atoms with E-state index in [1.54, 1.807) is 11.0 Å². The normalized spacial score (nSPS) is 18.8. The Morgan fingerprint density at radius 1 is 1.45 bits per heavy atom. The van der Waals surface area contributed by atoms with Gasteiger partial charge in [0, 0.05) is 12.6 Å². The number of ether oxygens (including phenoxy) is 2. The number of hydrogen-bond acceptors (Lipinski definition) is 3. The summed E-state index contributed by atoms with van der Waals surface area (Å²) < 4.78 is 24.0. The average Bonchev–Trinajstić information content (AvgIpc) is 2.46. The van der Waals surface area contributed by atoms with E-state index in [0.29, 0.717) is 5.75 Å². The molecule has 0 aliphatic carbocycles. The van der Waals surface area contributed by atoms with Crippen LogP contribution in [0.15, 0.2) is 18.2 Å². The van der Waals surface area contributed by atoms with E-state index < -0.39 is 5.82 Å². The lowest BCUT2D eigenvalue weighted by Gasteiger charge is -2.33. The first kappa shape index (κ1) is 14.6. The lowest BCUT2D eigenvalue weighted by atomic mass is 10.0. The molecule has 1 atom stereocenters. The van der Waals surface area contributed by atoms with Crippen LogP contribution in [0.5, 0.6) is 11.5 Å². The predicted octanol–water partition coefficient (Wildman–Crippen LogP) is 2.61. The number of piperidine rings is 1. The molecular weight excluding hydrogens is 261 g/mol. The van der Waals surface area contributed by atoms with Crippen LogP contribution in [0, 0.1) is 5.82 Å². The quantitative estimate of drug-likeness (QED) is 0.851. The van der Waals surface area contributed by atoms with Gasteiger partial charge in [-0.05, 0) is 38.3 Å². The zero-order valence-electron chi connectivity index (χ0n) is 11.9. The summed E-state index contributed by atoms with van der Waals surface area (Å²) in [4.78, 5) is 13.9. The van der Waals surface area contributed by atoms with E-state index in [2.05, 4.69) is 0 Å². The molecule has 110 valence electrons. The lowest BCUT2D eigenvalue weighted by molar-refractivity contribution is -0.136. The van der Waals surface area contributed by atoms with Crippen molar-refractivity contribution in [3.05, 3.63) is 24.0 Å². The van der Waals surface area contributed by atoms with E-state index in [4.69, 9.17) is 9.47 Å². The van der Waals surface area contributed by atoms with Gasteiger partial charge in [-0.3, -0.25) is 4.79 Å².